The number of hydrogen-bond donors (Lipinski definition) is 1. The molecule has 4 aliphatic rings. The number of alkyl halides is 3. The van der Waals surface area contributed by atoms with Crippen molar-refractivity contribution in [3.8, 4) is 0 Å². The van der Waals surface area contributed by atoms with Crippen LogP contribution in [0.1, 0.15) is 35.8 Å². The highest BCUT2D eigenvalue weighted by Crippen LogP contribution is 2.38. The smallest absolute Gasteiger partial charge is 0.378 e. The van der Waals surface area contributed by atoms with Gasteiger partial charge in [-0.05, 0) is 42.4 Å². The number of aromatic nitrogens is 2. The molecule has 6 rings (SSSR count). The van der Waals surface area contributed by atoms with Crippen LogP contribution in [0.3, 0.4) is 0 Å². The van der Waals surface area contributed by atoms with Crippen molar-refractivity contribution in [1.82, 2.24) is 24.5 Å². The first-order valence-electron chi connectivity index (χ1n) is 13.8. The van der Waals surface area contributed by atoms with E-state index in [1.54, 1.807) is 29.4 Å². The molecule has 0 bridgehead atoms. The monoisotopic (exact) mass is 548 g/mol. The number of halogens is 3. The van der Waals surface area contributed by atoms with Crippen molar-refractivity contribution >= 4 is 11.7 Å². The van der Waals surface area contributed by atoms with Gasteiger partial charge >= 0.3 is 12.2 Å². The van der Waals surface area contributed by atoms with Gasteiger partial charge in [0.15, 0.2) is 0 Å². The summed E-state index contributed by atoms with van der Waals surface area (Å²) in [5.41, 5.74) is 0.895. The Hall–Kier alpha value is -2.67. The lowest BCUT2D eigenvalue weighted by molar-refractivity contribution is -0.138. The van der Waals surface area contributed by atoms with Gasteiger partial charge < -0.3 is 19.6 Å². The maximum Gasteiger partial charge on any atom is 0.416 e. The molecule has 1 N–H and O–H groups in total. The fraction of sp³-hybridized carbons (Fsp3) is 0.630. The molecule has 5 heterocycles. The zero-order chi connectivity index (χ0) is 27.1. The summed E-state index contributed by atoms with van der Waals surface area (Å²) in [6.07, 6.45) is 0.0587. The van der Waals surface area contributed by atoms with Crippen LogP contribution >= 0.6 is 0 Å². The second-order valence-corrected chi connectivity index (χ2v) is 11.2. The minimum absolute atomic E-state index is 0.209. The van der Waals surface area contributed by atoms with E-state index in [0.29, 0.717) is 63.7 Å². The van der Waals surface area contributed by atoms with Crippen LogP contribution in [-0.2, 0) is 17.5 Å². The number of carbonyl (C=O) groups is 1. The average Bonchev–Trinajstić information content (AvgIpc) is 3.73. The molecule has 12 heteroatoms. The van der Waals surface area contributed by atoms with Crippen molar-refractivity contribution in [2.45, 2.75) is 31.8 Å². The van der Waals surface area contributed by atoms with E-state index in [-0.39, 0.29) is 30.0 Å². The SMILES string of the molecule is O=C(N1CC2CN(Cc3ccc(N4CCOCC4)cc3C(F)(F)F)CC2C1)n1cc(C(O)N2CCCC2)cn1. The van der Waals surface area contributed by atoms with Crippen LogP contribution in [-0.4, -0.2) is 101 Å². The number of amides is 1. The van der Waals surface area contributed by atoms with Crippen molar-refractivity contribution in [3.05, 3.63) is 47.3 Å². The molecule has 9 nitrogen and oxygen atoms in total. The molecule has 39 heavy (non-hydrogen) atoms. The highest BCUT2D eigenvalue weighted by Gasteiger charge is 2.43. The van der Waals surface area contributed by atoms with E-state index in [2.05, 4.69) is 10.00 Å². The van der Waals surface area contributed by atoms with Gasteiger partial charge in [0.1, 0.15) is 6.23 Å². The minimum atomic E-state index is -4.43. The quantitative estimate of drug-likeness (QED) is 0.616. The molecule has 3 atom stereocenters. The Morgan fingerprint density at radius 3 is 2.41 bits per heavy atom. The topological polar surface area (TPSA) is 77.3 Å². The Morgan fingerprint density at radius 1 is 1.05 bits per heavy atom. The number of benzene rings is 1. The number of fused-ring (bicyclic) bond motifs is 1. The van der Waals surface area contributed by atoms with Crippen LogP contribution in [0.4, 0.5) is 23.7 Å². The van der Waals surface area contributed by atoms with Crippen LogP contribution in [0, 0.1) is 11.8 Å². The predicted octanol–water partition coefficient (Wildman–Crippen LogP) is 2.86. The van der Waals surface area contributed by atoms with Crippen LogP contribution in [0.5, 0.6) is 0 Å². The molecule has 1 aromatic carbocycles. The molecule has 0 radical (unpaired) electrons. The molecule has 4 saturated heterocycles. The molecule has 0 aliphatic carbocycles. The van der Waals surface area contributed by atoms with Gasteiger partial charge in [-0.15, -0.1) is 0 Å². The second kappa shape index (κ2) is 10.7. The van der Waals surface area contributed by atoms with Gasteiger partial charge in [0.2, 0.25) is 0 Å². The first-order valence-corrected chi connectivity index (χ1v) is 13.8. The molecule has 0 saturated carbocycles. The number of anilines is 1. The van der Waals surface area contributed by atoms with Gasteiger partial charge in [-0.2, -0.15) is 23.0 Å². The second-order valence-electron chi connectivity index (χ2n) is 11.2. The highest BCUT2D eigenvalue weighted by atomic mass is 19.4. The third-order valence-corrected chi connectivity index (χ3v) is 8.58. The van der Waals surface area contributed by atoms with Crippen molar-refractivity contribution in [2.24, 2.45) is 11.8 Å². The Kier molecular flexibility index (Phi) is 7.30. The molecule has 1 aromatic heterocycles. The molecule has 2 aromatic rings. The van der Waals surface area contributed by atoms with Gasteiger partial charge in [0.05, 0.1) is 25.0 Å². The standard InChI is InChI=1S/C27H35F3N6O3/c28-27(29,30)24-11-23(33-7-9-39-10-8-33)4-3-19(24)13-32-14-21-16-35(17-22(21)15-32)26(38)36-18-20(12-31-36)25(37)34-5-1-2-6-34/h3-4,11-12,18,21-22,25,37H,1-2,5-10,13-17H2. The van der Waals surface area contributed by atoms with E-state index in [0.717, 1.165) is 25.9 Å². The molecule has 3 unspecified atom stereocenters. The summed E-state index contributed by atoms with van der Waals surface area (Å²) >= 11 is 0. The summed E-state index contributed by atoms with van der Waals surface area (Å²) in [5, 5.41) is 14.8. The fourth-order valence-corrected chi connectivity index (χ4v) is 6.52. The normalized spacial score (nSPS) is 25.4. The Labute approximate surface area is 225 Å². The van der Waals surface area contributed by atoms with Gasteiger partial charge in [-0.25, -0.2) is 4.79 Å². The van der Waals surface area contributed by atoms with Gasteiger partial charge in [-0.1, -0.05) is 6.07 Å². The van der Waals surface area contributed by atoms with E-state index in [1.807, 2.05) is 9.80 Å². The molecule has 4 aliphatic heterocycles. The average molecular weight is 549 g/mol. The Morgan fingerprint density at radius 2 is 1.74 bits per heavy atom. The number of hydrogen-bond acceptors (Lipinski definition) is 7. The van der Waals surface area contributed by atoms with Crippen molar-refractivity contribution in [3.63, 3.8) is 0 Å². The van der Waals surface area contributed by atoms with Crippen LogP contribution < -0.4 is 4.90 Å². The number of aliphatic hydroxyl groups excluding tert-OH is 1. The van der Waals surface area contributed by atoms with Gasteiger partial charge in [-0.3, -0.25) is 9.80 Å². The number of aliphatic hydroxyl groups is 1. The number of carbonyl (C=O) groups excluding carboxylic acids is 1. The summed E-state index contributed by atoms with van der Waals surface area (Å²) < 4.78 is 48.6. The number of likely N-dealkylation sites (tertiary alicyclic amines) is 3. The van der Waals surface area contributed by atoms with Gasteiger partial charge in [0.25, 0.3) is 0 Å². The summed E-state index contributed by atoms with van der Waals surface area (Å²) in [5.74, 6) is 0.419. The lowest BCUT2D eigenvalue weighted by atomic mass is 10.0. The van der Waals surface area contributed by atoms with Crippen molar-refractivity contribution in [1.29, 1.82) is 0 Å². The van der Waals surface area contributed by atoms with Crippen molar-refractivity contribution in [2.75, 3.05) is 70.5 Å². The number of nitrogens with zero attached hydrogens (tertiary/aromatic N) is 6. The highest BCUT2D eigenvalue weighted by molar-refractivity contribution is 5.76. The maximum atomic E-state index is 14.0. The third-order valence-electron chi connectivity index (χ3n) is 8.58. The number of rotatable bonds is 5. The van der Waals surface area contributed by atoms with Crippen LogP contribution in [0.15, 0.2) is 30.6 Å². The Bertz CT molecular complexity index is 1160. The summed E-state index contributed by atoms with van der Waals surface area (Å²) in [6.45, 7) is 6.48. The van der Waals surface area contributed by atoms with E-state index in [1.165, 1.54) is 10.7 Å². The lowest BCUT2D eigenvalue weighted by Crippen LogP contribution is -2.36. The molecule has 0 spiro atoms. The largest absolute Gasteiger partial charge is 0.416 e. The lowest BCUT2D eigenvalue weighted by Gasteiger charge is -2.30. The van der Waals surface area contributed by atoms with Crippen LogP contribution in [0.2, 0.25) is 0 Å². The first kappa shape index (κ1) is 26.5. The molecule has 212 valence electrons. The maximum absolute atomic E-state index is 14.0. The summed E-state index contributed by atoms with van der Waals surface area (Å²) in [6, 6.07) is 4.45. The summed E-state index contributed by atoms with van der Waals surface area (Å²) in [4.78, 5) is 20.9. The van der Waals surface area contributed by atoms with E-state index < -0.39 is 18.0 Å². The third kappa shape index (κ3) is 5.52. The van der Waals surface area contributed by atoms with E-state index in [9.17, 15) is 23.1 Å². The Balaban J connectivity index is 1.07. The zero-order valence-corrected chi connectivity index (χ0v) is 21.9. The van der Waals surface area contributed by atoms with Crippen molar-refractivity contribution < 1.29 is 27.8 Å². The number of morpholine rings is 1. The predicted molar refractivity (Wildman–Crippen MR) is 137 cm³/mol. The zero-order valence-electron chi connectivity index (χ0n) is 21.9. The first-order chi connectivity index (χ1) is 18.8. The molecule has 4 fully saturated rings. The fourth-order valence-electron chi connectivity index (χ4n) is 6.52. The molecular formula is C27H35F3N6O3. The van der Waals surface area contributed by atoms with E-state index >= 15 is 0 Å². The van der Waals surface area contributed by atoms with Crippen LogP contribution in [0.25, 0.3) is 0 Å². The molecular weight excluding hydrogens is 513 g/mol. The van der Waals surface area contributed by atoms with E-state index in [4.69, 9.17) is 4.74 Å². The van der Waals surface area contributed by atoms with Gasteiger partial charge in [0, 0.05) is 76.4 Å². The molecule has 1 amide bonds. The number of ether oxygens (including phenoxy) is 1. The summed E-state index contributed by atoms with van der Waals surface area (Å²) in [7, 11) is 0. The minimum Gasteiger partial charge on any atom is -0.378 e.